The first kappa shape index (κ1) is 17.7. The molecule has 3 rings (SSSR count). The molecule has 2 heterocycles. The van der Waals surface area contributed by atoms with Crippen molar-refractivity contribution in [2.75, 3.05) is 26.2 Å². The SMILES string of the molecule is CC(C)O[C@@H]1CC=C1S(=O)(=O)N1CCN(C(C)C2NC=CO2)CC1. The fourth-order valence-electron chi connectivity index (χ4n) is 3.27. The Kier molecular flexibility index (Phi) is 5.19. The molecule has 3 aliphatic rings. The zero-order chi connectivity index (χ0) is 17.3. The van der Waals surface area contributed by atoms with Crippen molar-refractivity contribution in [1.82, 2.24) is 14.5 Å². The first-order valence-corrected chi connectivity index (χ1v) is 10.00. The quantitative estimate of drug-likeness (QED) is 0.759. The van der Waals surface area contributed by atoms with Gasteiger partial charge in [-0.05, 0) is 27.2 Å². The third kappa shape index (κ3) is 3.46. The van der Waals surface area contributed by atoms with Crippen molar-refractivity contribution < 1.29 is 17.9 Å². The third-order valence-electron chi connectivity index (χ3n) is 4.77. The van der Waals surface area contributed by atoms with E-state index in [9.17, 15) is 8.42 Å². The highest BCUT2D eigenvalue weighted by molar-refractivity contribution is 7.93. The van der Waals surface area contributed by atoms with Crippen LogP contribution in [-0.4, -0.2) is 68.3 Å². The van der Waals surface area contributed by atoms with Crippen LogP contribution in [0, 0.1) is 0 Å². The van der Waals surface area contributed by atoms with Crippen LogP contribution in [0.25, 0.3) is 0 Å². The Morgan fingerprint density at radius 3 is 2.46 bits per heavy atom. The largest absolute Gasteiger partial charge is 0.475 e. The van der Waals surface area contributed by atoms with E-state index in [2.05, 4.69) is 17.1 Å². The summed E-state index contributed by atoms with van der Waals surface area (Å²) in [6.07, 6.45) is 5.58. The molecule has 1 N–H and O–H groups in total. The molecule has 8 heteroatoms. The molecule has 0 spiro atoms. The molecule has 0 aromatic heterocycles. The van der Waals surface area contributed by atoms with Gasteiger partial charge in [-0.2, -0.15) is 4.31 Å². The highest BCUT2D eigenvalue weighted by atomic mass is 32.2. The summed E-state index contributed by atoms with van der Waals surface area (Å²) in [5.41, 5.74) is 0. The fraction of sp³-hybridized carbons (Fsp3) is 0.750. The highest BCUT2D eigenvalue weighted by Crippen LogP contribution is 2.31. The minimum absolute atomic E-state index is 0.0270. The van der Waals surface area contributed by atoms with E-state index in [1.165, 1.54) is 0 Å². The van der Waals surface area contributed by atoms with Crippen molar-refractivity contribution >= 4 is 10.0 Å². The third-order valence-corrected chi connectivity index (χ3v) is 6.84. The van der Waals surface area contributed by atoms with E-state index in [1.807, 2.05) is 13.8 Å². The number of piperazine rings is 1. The Balaban J connectivity index is 1.56. The zero-order valence-electron chi connectivity index (χ0n) is 14.5. The lowest BCUT2D eigenvalue weighted by atomic mass is 10.1. The number of rotatable bonds is 6. The molecule has 136 valence electrons. The van der Waals surface area contributed by atoms with Crippen molar-refractivity contribution in [3.05, 3.63) is 23.4 Å². The van der Waals surface area contributed by atoms with Crippen molar-refractivity contribution in [1.29, 1.82) is 0 Å². The Hall–Kier alpha value is -1.09. The zero-order valence-corrected chi connectivity index (χ0v) is 15.3. The molecule has 0 amide bonds. The maximum absolute atomic E-state index is 12.8. The van der Waals surface area contributed by atoms with Gasteiger partial charge >= 0.3 is 0 Å². The van der Waals surface area contributed by atoms with Crippen LogP contribution in [0.15, 0.2) is 23.4 Å². The minimum atomic E-state index is -3.40. The monoisotopic (exact) mass is 357 g/mol. The molecule has 0 bridgehead atoms. The molecule has 1 aliphatic carbocycles. The summed E-state index contributed by atoms with van der Waals surface area (Å²) in [6, 6.07) is 0.185. The summed E-state index contributed by atoms with van der Waals surface area (Å²) >= 11 is 0. The van der Waals surface area contributed by atoms with E-state index < -0.39 is 10.0 Å². The van der Waals surface area contributed by atoms with Crippen LogP contribution >= 0.6 is 0 Å². The van der Waals surface area contributed by atoms with Crippen LogP contribution in [0.1, 0.15) is 27.2 Å². The van der Waals surface area contributed by atoms with Gasteiger partial charge in [-0.1, -0.05) is 6.08 Å². The molecule has 1 fully saturated rings. The average molecular weight is 357 g/mol. The van der Waals surface area contributed by atoms with Crippen molar-refractivity contribution in [2.24, 2.45) is 0 Å². The molecule has 2 aliphatic heterocycles. The summed E-state index contributed by atoms with van der Waals surface area (Å²) in [6.45, 7) is 8.34. The van der Waals surface area contributed by atoms with Gasteiger partial charge in [-0.25, -0.2) is 8.42 Å². The molecular formula is C16H27N3O4S. The number of sulfonamides is 1. The maximum atomic E-state index is 12.8. The van der Waals surface area contributed by atoms with Gasteiger partial charge in [0.15, 0.2) is 6.23 Å². The van der Waals surface area contributed by atoms with Gasteiger partial charge in [0.2, 0.25) is 10.0 Å². The van der Waals surface area contributed by atoms with Crippen molar-refractivity contribution in [2.45, 2.75) is 51.7 Å². The predicted octanol–water partition coefficient (Wildman–Crippen LogP) is 0.821. The van der Waals surface area contributed by atoms with E-state index in [1.54, 1.807) is 22.8 Å². The van der Waals surface area contributed by atoms with Crippen molar-refractivity contribution in [3.8, 4) is 0 Å². The number of ether oxygens (including phenoxy) is 2. The van der Waals surface area contributed by atoms with E-state index in [0.29, 0.717) is 37.5 Å². The first-order chi connectivity index (χ1) is 11.4. The van der Waals surface area contributed by atoms with E-state index in [0.717, 1.165) is 0 Å². The Morgan fingerprint density at radius 2 is 1.96 bits per heavy atom. The molecule has 0 aromatic carbocycles. The number of nitrogens with one attached hydrogen (secondary N) is 1. The standard InChI is InChI=1S/C16H27N3O4S/c1-12(2)23-14-4-5-15(14)24(20,21)19-9-7-18(8-10-19)13(3)16-17-6-11-22-16/h5-6,11-14,16-17H,4,7-10H2,1-3H3/t13?,14-,16?/m1/s1. The highest BCUT2D eigenvalue weighted by Gasteiger charge is 2.39. The van der Waals surface area contributed by atoms with E-state index >= 15 is 0 Å². The first-order valence-electron chi connectivity index (χ1n) is 8.56. The van der Waals surface area contributed by atoms with Gasteiger partial charge in [0.05, 0.1) is 23.2 Å². The van der Waals surface area contributed by atoms with Crippen LogP contribution in [0.3, 0.4) is 0 Å². The maximum Gasteiger partial charge on any atom is 0.241 e. The number of nitrogens with zero attached hydrogens (tertiary/aromatic N) is 2. The smallest absolute Gasteiger partial charge is 0.241 e. The van der Waals surface area contributed by atoms with Crippen LogP contribution in [0.5, 0.6) is 0 Å². The Bertz CT molecular complexity index is 601. The predicted molar refractivity (Wildman–Crippen MR) is 91.4 cm³/mol. The molecule has 1 saturated heterocycles. The number of hydrogen-bond acceptors (Lipinski definition) is 6. The normalized spacial score (nSPS) is 29.8. The Labute approximate surface area is 144 Å². The summed E-state index contributed by atoms with van der Waals surface area (Å²) in [5.74, 6) is 0. The van der Waals surface area contributed by atoms with Gasteiger partial charge < -0.3 is 14.8 Å². The second-order valence-electron chi connectivity index (χ2n) is 6.72. The number of hydrogen-bond donors (Lipinski definition) is 1. The van der Waals surface area contributed by atoms with Gasteiger partial charge in [0.1, 0.15) is 6.26 Å². The van der Waals surface area contributed by atoms with Crippen LogP contribution in [0.2, 0.25) is 0 Å². The van der Waals surface area contributed by atoms with Gasteiger partial charge in [0, 0.05) is 32.4 Å². The van der Waals surface area contributed by atoms with Gasteiger partial charge in [-0.3, -0.25) is 4.90 Å². The van der Waals surface area contributed by atoms with E-state index in [-0.39, 0.29) is 24.5 Å². The van der Waals surface area contributed by atoms with Gasteiger partial charge in [0.25, 0.3) is 0 Å². The van der Waals surface area contributed by atoms with Crippen LogP contribution in [-0.2, 0) is 19.5 Å². The second-order valence-corrected chi connectivity index (χ2v) is 8.66. The summed E-state index contributed by atoms with van der Waals surface area (Å²) in [4.78, 5) is 2.69. The molecule has 2 unspecified atom stereocenters. The molecular weight excluding hydrogens is 330 g/mol. The van der Waals surface area contributed by atoms with Crippen LogP contribution in [0.4, 0.5) is 0 Å². The lowest BCUT2D eigenvalue weighted by molar-refractivity contribution is 0.0233. The molecule has 0 saturated carbocycles. The summed E-state index contributed by atoms with van der Waals surface area (Å²) < 4.78 is 38.4. The molecule has 3 atom stereocenters. The lowest BCUT2D eigenvalue weighted by Crippen LogP contribution is -2.56. The summed E-state index contributed by atoms with van der Waals surface area (Å²) in [5, 5.41) is 3.15. The van der Waals surface area contributed by atoms with Crippen molar-refractivity contribution in [3.63, 3.8) is 0 Å². The molecule has 0 radical (unpaired) electrons. The topological polar surface area (TPSA) is 71.1 Å². The molecule has 0 aromatic rings. The lowest BCUT2D eigenvalue weighted by Gasteiger charge is -2.40. The van der Waals surface area contributed by atoms with E-state index in [4.69, 9.17) is 9.47 Å². The minimum Gasteiger partial charge on any atom is -0.475 e. The fourth-order valence-corrected chi connectivity index (χ4v) is 5.01. The second kappa shape index (κ2) is 7.03. The average Bonchev–Trinajstić information content (AvgIpc) is 3.05. The summed E-state index contributed by atoms with van der Waals surface area (Å²) in [7, 11) is -3.40. The van der Waals surface area contributed by atoms with Crippen LogP contribution < -0.4 is 5.32 Å². The molecule has 7 nitrogen and oxygen atoms in total. The van der Waals surface area contributed by atoms with Gasteiger partial charge in [-0.15, -0.1) is 0 Å². The Morgan fingerprint density at radius 1 is 1.25 bits per heavy atom. The molecule has 24 heavy (non-hydrogen) atoms.